The molecule has 0 bridgehead atoms. The molecule has 0 saturated heterocycles. The van der Waals surface area contributed by atoms with Crippen molar-refractivity contribution < 1.29 is 4.79 Å². The third-order valence-electron chi connectivity index (χ3n) is 2.78. The Labute approximate surface area is 129 Å². The Morgan fingerprint density at radius 2 is 2.10 bits per heavy atom. The van der Waals surface area contributed by atoms with Crippen LogP contribution in [0.5, 0.6) is 0 Å². The van der Waals surface area contributed by atoms with E-state index in [2.05, 4.69) is 21.2 Å². The highest BCUT2D eigenvalue weighted by Gasteiger charge is 2.12. The number of nitrogens with zero attached hydrogens (tertiary/aromatic N) is 1. The van der Waals surface area contributed by atoms with Crippen molar-refractivity contribution in [3.63, 3.8) is 0 Å². The number of hydrogen-bond donors (Lipinski definition) is 1. The summed E-state index contributed by atoms with van der Waals surface area (Å²) in [4.78, 5) is 23.6. The number of nitrogens with one attached hydrogen (secondary N) is 1. The molecular weight excluding hydrogens is 344 g/mol. The first-order chi connectivity index (χ1) is 9.52. The SMILES string of the molecule is CCn1cc(NC(=O)c2cccc(Br)c2Cl)ccc1=O. The maximum absolute atomic E-state index is 12.2. The van der Waals surface area contributed by atoms with E-state index in [9.17, 15) is 9.59 Å². The van der Waals surface area contributed by atoms with Crippen molar-refractivity contribution in [1.82, 2.24) is 4.57 Å². The van der Waals surface area contributed by atoms with E-state index in [-0.39, 0.29) is 11.5 Å². The van der Waals surface area contributed by atoms with Crippen LogP contribution in [-0.2, 0) is 6.54 Å². The summed E-state index contributed by atoms with van der Waals surface area (Å²) < 4.78 is 2.17. The van der Waals surface area contributed by atoms with Crippen LogP contribution < -0.4 is 10.9 Å². The van der Waals surface area contributed by atoms with Crippen LogP contribution >= 0.6 is 27.5 Å². The number of aromatic nitrogens is 1. The second-order valence-corrected chi connectivity index (χ2v) is 5.33. The average molecular weight is 356 g/mol. The molecule has 2 aromatic rings. The van der Waals surface area contributed by atoms with Gasteiger partial charge in [-0.05, 0) is 41.1 Å². The summed E-state index contributed by atoms with van der Waals surface area (Å²) in [5, 5.41) is 3.08. The fraction of sp³-hybridized carbons (Fsp3) is 0.143. The monoisotopic (exact) mass is 354 g/mol. The van der Waals surface area contributed by atoms with Gasteiger partial charge in [0.25, 0.3) is 11.5 Å². The Hall–Kier alpha value is -1.59. The third kappa shape index (κ3) is 3.11. The topological polar surface area (TPSA) is 51.1 Å². The summed E-state index contributed by atoms with van der Waals surface area (Å²) in [6.45, 7) is 2.40. The summed E-state index contributed by atoms with van der Waals surface area (Å²) in [5.41, 5.74) is 0.814. The molecule has 6 heteroatoms. The molecule has 1 amide bonds. The molecule has 0 unspecified atom stereocenters. The Kier molecular flexibility index (Phi) is 4.62. The van der Waals surface area contributed by atoms with E-state index >= 15 is 0 Å². The predicted molar refractivity (Wildman–Crippen MR) is 83.5 cm³/mol. The number of halogens is 2. The van der Waals surface area contributed by atoms with Gasteiger partial charge in [-0.1, -0.05) is 17.7 Å². The molecule has 2 rings (SSSR count). The number of benzene rings is 1. The molecule has 0 spiro atoms. The molecule has 0 aliphatic rings. The zero-order valence-electron chi connectivity index (χ0n) is 10.7. The number of anilines is 1. The number of hydrogen-bond acceptors (Lipinski definition) is 2. The Balaban J connectivity index is 2.28. The van der Waals surface area contributed by atoms with E-state index in [1.807, 2.05) is 6.92 Å². The molecule has 4 nitrogen and oxygen atoms in total. The largest absolute Gasteiger partial charge is 0.321 e. The first-order valence-corrected chi connectivity index (χ1v) is 7.16. The minimum absolute atomic E-state index is 0.106. The van der Waals surface area contributed by atoms with Crippen LogP contribution in [0.3, 0.4) is 0 Å². The summed E-state index contributed by atoms with van der Waals surface area (Å²) in [6.07, 6.45) is 1.60. The normalized spacial score (nSPS) is 10.3. The van der Waals surface area contributed by atoms with Gasteiger partial charge in [0.15, 0.2) is 0 Å². The standard InChI is InChI=1S/C14H12BrClN2O2/c1-2-18-8-9(6-7-12(18)19)17-14(20)10-4-3-5-11(15)13(10)16/h3-8H,2H2,1H3,(H,17,20). The molecule has 0 aliphatic heterocycles. The number of carbonyl (C=O) groups excluding carboxylic acids is 1. The van der Waals surface area contributed by atoms with Crippen molar-refractivity contribution in [2.75, 3.05) is 5.32 Å². The summed E-state index contributed by atoms with van der Waals surface area (Å²) in [5.74, 6) is -0.322. The van der Waals surface area contributed by atoms with Crippen molar-refractivity contribution in [2.24, 2.45) is 0 Å². The minimum atomic E-state index is -0.322. The second kappa shape index (κ2) is 6.24. The maximum Gasteiger partial charge on any atom is 0.257 e. The molecular formula is C14H12BrClN2O2. The Bertz CT molecular complexity index is 713. The zero-order chi connectivity index (χ0) is 14.7. The molecule has 20 heavy (non-hydrogen) atoms. The summed E-state index contributed by atoms with van der Waals surface area (Å²) in [6, 6.07) is 8.12. The van der Waals surface area contributed by atoms with E-state index in [1.165, 1.54) is 10.6 Å². The van der Waals surface area contributed by atoms with Crippen molar-refractivity contribution in [3.05, 3.63) is 61.9 Å². The van der Waals surface area contributed by atoms with Crippen molar-refractivity contribution in [3.8, 4) is 0 Å². The summed E-state index contributed by atoms with van der Waals surface area (Å²) in [7, 11) is 0. The van der Waals surface area contributed by atoms with E-state index in [1.54, 1.807) is 30.5 Å². The van der Waals surface area contributed by atoms with Gasteiger partial charge in [0.2, 0.25) is 0 Å². The van der Waals surface area contributed by atoms with Gasteiger partial charge in [-0.25, -0.2) is 0 Å². The van der Waals surface area contributed by atoms with Crippen LogP contribution in [0.4, 0.5) is 5.69 Å². The van der Waals surface area contributed by atoms with Crippen LogP contribution in [0.25, 0.3) is 0 Å². The highest BCUT2D eigenvalue weighted by Crippen LogP contribution is 2.26. The van der Waals surface area contributed by atoms with Gasteiger partial charge in [0.1, 0.15) is 0 Å². The lowest BCUT2D eigenvalue weighted by Gasteiger charge is -2.09. The number of carbonyl (C=O) groups is 1. The van der Waals surface area contributed by atoms with E-state index in [0.29, 0.717) is 27.3 Å². The lowest BCUT2D eigenvalue weighted by molar-refractivity contribution is 0.102. The molecule has 1 heterocycles. The van der Waals surface area contributed by atoms with Crippen molar-refractivity contribution >= 4 is 39.1 Å². The lowest BCUT2D eigenvalue weighted by atomic mass is 10.2. The van der Waals surface area contributed by atoms with Crippen LogP contribution in [-0.4, -0.2) is 10.5 Å². The average Bonchev–Trinajstić information content (AvgIpc) is 2.43. The van der Waals surface area contributed by atoms with Gasteiger partial charge in [-0.3, -0.25) is 9.59 Å². The molecule has 0 atom stereocenters. The number of pyridine rings is 1. The minimum Gasteiger partial charge on any atom is -0.321 e. The second-order valence-electron chi connectivity index (χ2n) is 4.10. The van der Waals surface area contributed by atoms with Crippen LogP contribution in [0.1, 0.15) is 17.3 Å². The molecule has 1 N–H and O–H groups in total. The predicted octanol–water partition coefficient (Wildman–Crippen LogP) is 3.54. The molecule has 0 radical (unpaired) electrons. The number of amides is 1. The van der Waals surface area contributed by atoms with Crippen molar-refractivity contribution in [2.45, 2.75) is 13.5 Å². The fourth-order valence-electron chi connectivity index (χ4n) is 1.73. The first kappa shape index (κ1) is 14.8. The molecule has 0 fully saturated rings. The van der Waals surface area contributed by atoms with E-state index in [4.69, 9.17) is 11.6 Å². The highest BCUT2D eigenvalue weighted by atomic mass is 79.9. The van der Waals surface area contributed by atoms with Crippen molar-refractivity contribution in [1.29, 1.82) is 0 Å². The number of rotatable bonds is 3. The third-order valence-corrected chi connectivity index (χ3v) is 4.07. The van der Waals surface area contributed by atoms with Gasteiger partial charge >= 0.3 is 0 Å². The molecule has 104 valence electrons. The Morgan fingerprint density at radius 3 is 2.80 bits per heavy atom. The number of aryl methyl sites for hydroxylation is 1. The smallest absolute Gasteiger partial charge is 0.257 e. The van der Waals surface area contributed by atoms with Gasteiger partial charge in [-0.2, -0.15) is 0 Å². The van der Waals surface area contributed by atoms with Gasteiger partial charge in [0, 0.05) is 23.3 Å². The first-order valence-electron chi connectivity index (χ1n) is 5.98. The van der Waals surface area contributed by atoms with E-state index in [0.717, 1.165) is 0 Å². The quantitative estimate of drug-likeness (QED) is 0.915. The highest BCUT2D eigenvalue weighted by molar-refractivity contribution is 9.10. The fourth-order valence-corrected chi connectivity index (χ4v) is 2.31. The zero-order valence-corrected chi connectivity index (χ0v) is 13.0. The van der Waals surface area contributed by atoms with Crippen LogP contribution in [0, 0.1) is 0 Å². The maximum atomic E-state index is 12.2. The summed E-state index contributed by atoms with van der Waals surface area (Å²) >= 11 is 9.35. The van der Waals surface area contributed by atoms with E-state index < -0.39 is 0 Å². The molecule has 0 saturated carbocycles. The van der Waals surface area contributed by atoms with Gasteiger partial charge in [-0.15, -0.1) is 0 Å². The molecule has 1 aromatic heterocycles. The van der Waals surface area contributed by atoms with Crippen LogP contribution in [0.2, 0.25) is 5.02 Å². The van der Waals surface area contributed by atoms with Gasteiger partial charge < -0.3 is 9.88 Å². The van der Waals surface area contributed by atoms with Gasteiger partial charge in [0.05, 0.1) is 16.3 Å². The lowest BCUT2D eigenvalue weighted by Crippen LogP contribution is -2.20. The Morgan fingerprint density at radius 1 is 1.35 bits per heavy atom. The van der Waals surface area contributed by atoms with Crippen LogP contribution in [0.15, 0.2) is 45.8 Å². The molecule has 0 aliphatic carbocycles. The molecule has 1 aromatic carbocycles.